The Bertz CT molecular complexity index is 1110. The van der Waals surface area contributed by atoms with Gasteiger partial charge in [-0.25, -0.2) is 9.97 Å². The standard InChI is InChI=1S/C20H20N4OS3/c1-10-4-5-13-14(7-21)18(28-15(13)6-10)24-16(25)8-26-19-17-11(2)12(3)27-20(17)23-9-22-19/h9-10H,4-6,8H2,1-3H3,(H,24,25)/t10-/m0/s1. The normalized spacial score (nSPS) is 16.0. The first-order valence-corrected chi connectivity index (χ1v) is 11.8. The number of rotatable bonds is 4. The van der Waals surface area contributed by atoms with Crippen molar-refractivity contribution in [2.24, 2.45) is 5.92 Å². The van der Waals surface area contributed by atoms with Crippen LogP contribution in [0, 0.1) is 31.1 Å². The first kappa shape index (κ1) is 19.4. The zero-order chi connectivity index (χ0) is 19.8. The first-order valence-electron chi connectivity index (χ1n) is 9.16. The maximum atomic E-state index is 12.6. The van der Waals surface area contributed by atoms with Crippen LogP contribution in [-0.2, 0) is 17.6 Å². The molecule has 1 aliphatic rings. The second-order valence-electron chi connectivity index (χ2n) is 7.15. The predicted molar refractivity (Wildman–Crippen MR) is 116 cm³/mol. The van der Waals surface area contributed by atoms with Crippen LogP contribution in [0.1, 0.15) is 39.8 Å². The van der Waals surface area contributed by atoms with Crippen molar-refractivity contribution in [3.8, 4) is 6.07 Å². The lowest BCUT2D eigenvalue weighted by Crippen LogP contribution is -2.14. The Kier molecular flexibility index (Phi) is 5.41. The van der Waals surface area contributed by atoms with Crippen molar-refractivity contribution in [1.82, 2.24) is 9.97 Å². The van der Waals surface area contributed by atoms with Gasteiger partial charge in [-0.3, -0.25) is 4.79 Å². The van der Waals surface area contributed by atoms with Gasteiger partial charge >= 0.3 is 0 Å². The fourth-order valence-electron chi connectivity index (χ4n) is 3.51. The molecule has 0 saturated heterocycles. The highest BCUT2D eigenvalue weighted by molar-refractivity contribution is 8.00. The number of carbonyl (C=O) groups is 1. The first-order chi connectivity index (χ1) is 13.5. The van der Waals surface area contributed by atoms with Gasteiger partial charge in [0.05, 0.1) is 11.3 Å². The third kappa shape index (κ3) is 3.54. The van der Waals surface area contributed by atoms with Crippen molar-refractivity contribution in [3.05, 3.63) is 32.8 Å². The summed E-state index contributed by atoms with van der Waals surface area (Å²) in [5, 5.41) is 15.1. The minimum atomic E-state index is -0.107. The molecular weight excluding hydrogens is 408 g/mol. The molecule has 0 bridgehead atoms. The number of carbonyl (C=O) groups excluding carboxylic acids is 1. The van der Waals surface area contributed by atoms with Crippen molar-refractivity contribution in [1.29, 1.82) is 5.26 Å². The quantitative estimate of drug-likeness (QED) is 0.462. The molecule has 28 heavy (non-hydrogen) atoms. The van der Waals surface area contributed by atoms with Gasteiger partial charge in [0.1, 0.15) is 27.3 Å². The second-order valence-corrected chi connectivity index (χ2v) is 10.4. The minimum absolute atomic E-state index is 0.107. The highest BCUT2D eigenvalue weighted by Gasteiger charge is 2.24. The predicted octanol–water partition coefficient (Wildman–Crippen LogP) is 5.10. The molecular formula is C20H20N4OS3. The molecule has 0 unspecified atom stereocenters. The Balaban J connectivity index is 1.50. The number of hydrogen-bond acceptors (Lipinski definition) is 7. The van der Waals surface area contributed by atoms with Crippen LogP contribution in [-0.4, -0.2) is 21.6 Å². The molecule has 0 saturated carbocycles. The maximum absolute atomic E-state index is 12.6. The summed E-state index contributed by atoms with van der Waals surface area (Å²) in [6.45, 7) is 6.38. The smallest absolute Gasteiger partial charge is 0.235 e. The molecule has 5 nitrogen and oxygen atoms in total. The van der Waals surface area contributed by atoms with E-state index in [1.165, 1.54) is 27.1 Å². The Hall–Kier alpha value is -1.95. The molecule has 144 valence electrons. The van der Waals surface area contributed by atoms with Gasteiger partial charge < -0.3 is 5.32 Å². The van der Waals surface area contributed by atoms with Gasteiger partial charge in [-0.05, 0) is 50.2 Å². The molecule has 3 heterocycles. The van der Waals surface area contributed by atoms with E-state index in [4.69, 9.17) is 0 Å². The van der Waals surface area contributed by atoms with Gasteiger partial charge in [0.2, 0.25) is 5.91 Å². The van der Waals surface area contributed by atoms with Gasteiger partial charge in [0.25, 0.3) is 0 Å². The third-order valence-corrected chi connectivity index (χ3v) is 8.42. The Morgan fingerprint density at radius 2 is 2.21 bits per heavy atom. The highest BCUT2D eigenvalue weighted by atomic mass is 32.2. The summed E-state index contributed by atoms with van der Waals surface area (Å²) < 4.78 is 0. The van der Waals surface area contributed by atoms with Crippen LogP contribution in [0.15, 0.2) is 11.4 Å². The van der Waals surface area contributed by atoms with Crippen molar-refractivity contribution in [3.63, 3.8) is 0 Å². The van der Waals surface area contributed by atoms with E-state index >= 15 is 0 Å². The molecule has 0 fully saturated rings. The highest BCUT2D eigenvalue weighted by Crippen LogP contribution is 2.39. The van der Waals surface area contributed by atoms with Gasteiger partial charge in [-0.15, -0.1) is 22.7 Å². The molecule has 3 aromatic rings. The number of nitriles is 1. The van der Waals surface area contributed by atoms with Gasteiger partial charge in [0.15, 0.2) is 0 Å². The van der Waals surface area contributed by atoms with Crippen LogP contribution in [0.25, 0.3) is 10.2 Å². The monoisotopic (exact) mass is 428 g/mol. The number of fused-ring (bicyclic) bond motifs is 2. The number of amides is 1. The van der Waals surface area contributed by atoms with E-state index in [-0.39, 0.29) is 11.7 Å². The Labute approximate surface area is 176 Å². The molecule has 1 amide bonds. The number of aryl methyl sites for hydroxylation is 2. The van der Waals surface area contributed by atoms with Crippen molar-refractivity contribution in [2.45, 2.75) is 45.1 Å². The molecule has 0 radical (unpaired) electrons. The third-order valence-electron chi connectivity index (χ3n) is 5.15. The summed E-state index contributed by atoms with van der Waals surface area (Å²) in [5.74, 6) is 0.781. The Morgan fingerprint density at radius 3 is 3.00 bits per heavy atom. The molecule has 1 N–H and O–H groups in total. The van der Waals surface area contributed by atoms with E-state index in [0.717, 1.165) is 40.1 Å². The lowest BCUT2D eigenvalue weighted by molar-refractivity contribution is -0.113. The molecule has 0 aliphatic heterocycles. The van der Waals surface area contributed by atoms with E-state index in [1.807, 2.05) is 0 Å². The fourth-order valence-corrected chi connectivity index (χ4v) is 6.81. The summed E-state index contributed by atoms with van der Waals surface area (Å²) in [4.78, 5) is 24.7. The number of nitrogens with zero attached hydrogens (tertiary/aromatic N) is 3. The maximum Gasteiger partial charge on any atom is 0.235 e. The van der Waals surface area contributed by atoms with Gasteiger partial charge in [-0.2, -0.15) is 5.26 Å². The fraction of sp³-hybridized carbons (Fsp3) is 0.400. The average molecular weight is 429 g/mol. The summed E-state index contributed by atoms with van der Waals surface area (Å²) in [5.41, 5.74) is 2.96. The van der Waals surface area contributed by atoms with E-state index in [0.29, 0.717) is 16.5 Å². The SMILES string of the molecule is Cc1sc2ncnc(SCC(=O)Nc3sc4c(c3C#N)CC[C@H](C)C4)c2c1C. The summed E-state index contributed by atoms with van der Waals surface area (Å²) in [6, 6.07) is 2.30. The largest absolute Gasteiger partial charge is 0.316 e. The van der Waals surface area contributed by atoms with Crippen molar-refractivity contribution in [2.75, 3.05) is 11.1 Å². The van der Waals surface area contributed by atoms with Crippen LogP contribution >= 0.6 is 34.4 Å². The minimum Gasteiger partial charge on any atom is -0.316 e. The van der Waals surface area contributed by atoms with Crippen molar-refractivity contribution >= 4 is 55.6 Å². The van der Waals surface area contributed by atoms with Crippen LogP contribution in [0.5, 0.6) is 0 Å². The lowest BCUT2D eigenvalue weighted by Gasteiger charge is -2.17. The van der Waals surface area contributed by atoms with E-state index < -0.39 is 0 Å². The van der Waals surface area contributed by atoms with Crippen LogP contribution in [0.3, 0.4) is 0 Å². The molecule has 8 heteroatoms. The number of anilines is 1. The molecule has 1 aliphatic carbocycles. The zero-order valence-corrected chi connectivity index (χ0v) is 18.4. The van der Waals surface area contributed by atoms with E-state index in [9.17, 15) is 10.1 Å². The number of thiophene rings is 2. The van der Waals surface area contributed by atoms with Gasteiger partial charge in [-0.1, -0.05) is 18.7 Å². The van der Waals surface area contributed by atoms with E-state index in [1.54, 1.807) is 29.0 Å². The summed E-state index contributed by atoms with van der Waals surface area (Å²) >= 11 is 4.63. The van der Waals surface area contributed by atoms with Crippen LogP contribution in [0.4, 0.5) is 5.00 Å². The zero-order valence-electron chi connectivity index (χ0n) is 16.0. The Morgan fingerprint density at radius 1 is 1.39 bits per heavy atom. The number of aromatic nitrogens is 2. The molecule has 0 aromatic carbocycles. The molecule has 1 atom stereocenters. The number of thioether (sulfide) groups is 1. The molecule has 3 aromatic heterocycles. The molecule has 4 rings (SSSR count). The number of hydrogen-bond donors (Lipinski definition) is 1. The summed E-state index contributed by atoms with van der Waals surface area (Å²) in [6.07, 6.45) is 4.58. The van der Waals surface area contributed by atoms with Crippen molar-refractivity contribution < 1.29 is 4.79 Å². The van der Waals surface area contributed by atoms with Crippen LogP contribution < -0.4 is 5.32 Å². The van der Waals surface area contributed by atoms with E-state index in [2.05, 4.69) is 42.1 Å². The summed E-state index contributed by atoms with van der Waals surface area (Å²) in [7, 11) is 0. The second kappa shape index (κ2) is 7.82. The van der Waals surface area contributed by atoms with Gasteiger partial charge in [0, 0.05) is 15.1 Å². The van der Waals surface area contributed by atoms with Crippen LogP contribution in [0.2, 0.25) is 0 Å². The lowest BCUT2D eigenvalue weighted by atomic mass is 9.89. The topological polar surface area (TPSA) is 78.7 Å². The average Bonchev–Trinajstić information content (AvgIpc) is 3.16. The molecule has 0 spiro atoms. The number of nitrogens with one attached hydrogen (secondary N) is 1.